The number of aliphatic carboxylic acids is 1. The van der Waals surface area contributed by atoms with E-state index in [1.807, 2.05) is 48.5 Å². The van der Waals surface area contributed by atoms with E-state index in [1.54, 1.807) is 5.01 Å². The molecule has 30 heavy (non-hydrogen) atoms. The smallest absolute Gasteiger partial charge is 0.251 e. The summed E-state index contributed by atoms with van der Waals surface area (Å²) in [6.45, 7) is 0. The maximum Gasteiger partial charge on any atom is 0.251 e. The van der Waals surface area contributed by atoms with Crippen molar-refractivity contribution in [3.05, 3.63) is 88.6 Å². The van der Waals surface area contributed by atoms with Gasteiger partial charge in [0.15, 0.2) is 0 Å². The van der Waals surface area contributed by atoms with Crippen LogP contribution in [-0.2, 0) is 9.59 Å². The van der Waals surface area contributed by atoms with Gasteiger partial charge in [0, 0.05) is 5.75 Å². The summed E-state index contributed by atoms with van der Waals surface area (Å²) in [5, 5.41) is 12.4. The number of benzene rings is 2. The highest BCUT2D eigenvalue weighted by molar-refractivity contribution is 8.00. The Morgan fingerprint density at radius 1 is 1.03 bits per heavy atom. The van der Waals surface area contributed by atoms with Gasteiger partial charge in [-0.3, -0.25) is 10.2 Å². The van der Waals surface area contributed by atoms with Crippen molar-refractivity contribution in [3.8, 4) is 0 Å². The molecule has 0 unspecified atom stereocenters. The molecule has 0 radical (unpaired) electrons. The Morgan fingerprint density at radius 3 is 2.43 bits per heavy atom. The molecule has 1 heterocycles. The van der Waals surface area contributed by atoms with Gasteiger partial charge < -0.3 is 9.90 Å². The summed E-state index contributed by atoms with van der Waals surface area (Å²) in [5.41, 5.74) is 8.99. The first-order valence-electron chi connectivity index (χ1n) is 10.0. The highest BCUT2D eigenvalue weighted by atomic mass is 32.2. The predicted octanol–water partition coefficient (Wildman–Crippen LogP) is 3.08. The van der Waals surface area contributed by atoms with E-state index in [0.717, 1.165) is 47.8 Å². The zero-order valence-electron chi connectivity index (χ0n) is 16.5. The second kappa shape index (κ2) is 9.22. The fourth-order valence-corrected chi connectivity index (χ4v) is 4.64. The Hall–Kier alpha value is -2.99. The molecule has 0 fully saturated rings. The number of nitrogens with zero attached hydrogens (tertiary/aromatic N) is 1. The van der Waals surface area contributed by atoms with Gasteiger partial charge in [-0.05, 0) is 47.6 Å². The molecule has 0 spiro atoms. The topological polar surface area (TPSA) is 72.5 Å². The number of hydrogen-bond donors (Lipinski definition) is 1. The number of rotatable bonds is 6. The van der Waals surface area contributed by atoms with E-state index in [0.29, 0.717) is 0 Å². The highest BCUT2D eigenvalue weighted by Crippen LogP contribution is 2.43. The van der Waals surface area contributed by atoms with Crippen molar-refractivity contribution >= 4 is 29.7 Å². The van der Waals surface area contributed by atoms with Gasteiger partial charge in [-0.25, -0.2) is 5.01 Å². The largest absolute Gasteiger partial charge is 0.549 e. The van der Waals surface area contributed by atoms with Gasteiger partial charge in [0.25, 0.3) is 5.91 Å². The van der Waals surface area contributed by atoms with Gasteiger partial charge in [-0.2, -0.15) is 0 Å². The van der Waals surface area contributed by atoms with Gasteiger partial charge in [0.05, 0.1) is 17.4 Å². The molecule has 154 valence electrons. The van der Waals surface area contributed by atoms with E-state index in [4.69, 9.17) is 0 Å². The predicted molar refractivity (Wildman–Crippen MR) is 117 cm³/mol. The molecule has 1 amide bonds. The number of amides is 1. The SMILES string of the molecule is O=C([O-])CSCC(=O)N1NC2=C(CCC/C2=C\c2ccccc2)[C@H]1c1ccccc1. The minimum absolute atomic E-state index is 0.0859. The fourth-order valence-electron chi connectivity index (χ4n) is 4.06. The minimum atomic E-state index is -1.16. The number of thioether (sulfide) groups is 1. The molecular weight excluding hydrogens is 396 g/mol. The van der Waals surface area contributed by atoms with Crippen LogP contribution in [0.2, 0.25) is 0 Å². The lowest BCUT2D eigenvalue weighted by molar-refractivity contribution is -0.301. The monoisotopic (exact) mass is 419 g/mol. The summed E-state index contributed by atoms with van der Waals surface area (Å²) in [6, 6.07) is 20.0. The number of hydrogen-bond acceptors (Lipinski definition) is 5. The number of carbonyl (C=O) groups excluding carboxylic acids is 2. The van der Waals surface area contributed by atoms with Gasteiger partial charge in [0.1, 0.15) is 6.04 Å². The quantitative estimate of drug-likeness (QED) is 0.779. The molecule has 0 saturated heterocycles. The number of allylic oxidation sites excluding steroid dienone is 1. The third-order valence-electron chi connectivity index (χ3n) is 5.32. The number of nitrogens with one attached hydrogen (secondary N) is 1. The molecule has 4 rings (SSSR count). The summed E-state index contributed by atoms with van der Waals surface area (Å²) >= 11 is 1.06. The fraction of sp³-hybridized carbons (Fsp3) is 0.250. The summed E-state index contributed by atoms with van der Waals surface area (Å²) < 4.78 is 0. The maximum absolute atomic E-state index is 13.0. The Morgan fingerprint density at radius 2 is 1.73 bits per heavy atom. The first-order valence-corrected chi connectivity index (χ1v) is 11.2. The van der Waals surface area contributed by atoms with Crippen LogP contribution < -0.4 is 10.5 Å². The van der Waals surface area contributed by atoms with Crippen molar-refractivity contribution in [1.29, 1.82) is 0 Å². The van der Waals surface area contributed by atoms with Gasteiger partial charge >= 0.3 is 0 Å². The lowest BCUT2D eigenvalue weighted by Gasteiger charge is -2.27. The van der Waals surface area contributed by atoms with Gasteiger partial charge in [-0.1, -0.05) is 60.7 Å². The van der Waals surface area contributed by atoms with Crippen molar-refractivity contribution in [3.63, 3.8) is 0 Å². The molecule has 2 aliphatic rings. The number of hydrazine groups is 1. The van der Waals surface area contributed by atoms with Crippen molar-refractivity contribution in [2.45, 2.75) is 25.3 Å². The highest BCUT2D eigenvalue weighted by Gasteiger charge is 2.38. The molecule has 1 aliphatic carbocycles. The Labute approximate surface area is 180 Å². The Balaban J connectivity index is 1.66. The van der Waals surface area contributed by atoms with E-state index < -0.39 is 5.97 Å². The van der Waals surface area contributed by atoms with Crippen LogP contribution in [0.15, 0.2) is 77.5 Å². The van der Waals surface area contributed by atoms with E-state index in [-0.39, 0.29) is 23.5 Å². The second-order valence-corrected chi connectivity index (χ2v) is 8.37. The van der Waals surface area contributed by atoms with Crippen molar-refractivity contribution in [2.24, 2.45) is 0 Å². The van der Waals surface area contributed by atoms with Gasteiger partial charge in [-0.15, -0.1) is 11.8 Å². The van der Waals surface area contributed by atoms with Crippen LogP contribution in [0.5, 0.6) is 0 Å². The average molecular weight is 420 g/mol. The number of carboxylic acids is 1. The molecule has 1 atom stereocenters. The molecule has 2 aromatic rings. The van der Waals surface area contributed by atoms with Crippen molar-refractivity contribution in [2.75, 3.05) is 11.5 Å². The summed E-state index contributed by atoms with van der Waals surface area (Å²) in [6.07, 6.45) is 5.08. The summed E-state index contributed by atoms with van der Waals surface area (Å²) in [5.74, 6) is -1.40. The van der Waals surface area contributed by atoms with E-state index in [9.17, 15) is 14.7 Å². The van der Waals surface area contributed by atoms with Crippen LogP contribution in [0.3, 0.4) is 0 Å². The van der Waals surface area contributed by atoms with Crippen LogP contribution in [0.25, 0.3) is 6.08 Å². The lowest BCUT2D eigenvalue weighted by atomic mass is 9.86. The van der Waals surface area contributed by atoms with Crippen molar-refractivity contribution in [1.82, 2.24) is 10.4 Å². The molecule has 5 nitrogen and oxygen atoms in total. The molecule has 1 N–H and O–H groups in total. The Bertz CT molecular complexity index is 986. The third kappa shape index (κ3) is 4.44. The lowest BCUT2D eigenvalue weighted by Crippen LogP contribution is -2.41. The van der Waals surface area contributed by atoms with E-state index in [1.165, 1.54) is 11.1 Å². The zero-order valence-corrected chi connectivity index (χ0v) is 17.4. The first kappa shape index (κ1) is 20.3. The molecule has 0 aromatic heterocycles. The average Bonchev–Trinajstić information content (AvgIpc) is 3.15. The molecule has 6 heteroatoms. The summed E-state index contributed by atoms with van der Waals surface area (Å²) in [4.78, 5) is 23.7. The number of carbonyl (C=O) groups is 2. The number of carboxylic acid groups (broad SMARTS) is 1. The molecule has 2 aromatic carbocycles. The standard InChI is InChI=1S/C24H24N2O3S/c27-21(15-30-16-22(28)29)26-24(18-10-5-2-6-11-18)20-13-7-12-19(23(20)25-26)14-17-8-3-1-4-9-17/h1-6,8-11,14,24-25H,7,12-13,15-16H2,(H,28,29)/p-1/b19-14+/t24-/m1/s1. The third-order valence-corrected chi connectivity index (χ3v) is 6.22. The van der Waals surface area contributed by atoms with Crippen LogP contribution >= 0.6 is 11.8 Å². The van der Waals surface area contributed by atoms with Crippen LogP contribution in [0.4, 0.5) is 0 Å². The maximum atomic E-state index is 13.0. The second-order valence-electron chi connectivity index (χ2n) is 7.39. The van der Waals surface area contributed by atoms with Crippen molar-refractivity contribution < 1.29 is 14.7 Å². The molecule has 0 saturated carbocycles. The van der Waals surface area contributed by atoms with Crippen LogP contribution in [-0.4, -0.2) is 28.4 Å². The normalized spacial score (nSPS) is 19.5. The van der Waals surface area contributed by atoms with Crippen LogP contribution in [0.1, 0.15) is 36.4 Å². The van der Waals surface area contributed by atoms with Crippen LogP contribution in [0, 0.1) is 0 Å². The Kier molecular flexibility index (Phi) is 6.23. The first-order chi connectivity index (χ1) is 14.6. The molecule has 1 aliphatic heterocycles. The minimum Gasteiger partial charge on any atom is -0.549 e. The summed E-state index contributed by atoms with van der Waals surface area (Å²) in [7, 11) is 0. The molecular formula is C24H23N2O3S-. The van der Waals surface area contributed by atoms with E-state index >= 15 is 0 Å². The van der Waals surface area contributed by atoms with Gasteiger partial charge in [0.2, 0.25) is 0 Å². The zero-order chi connectivity index (χ0) is 20.9. The molecule has 0 bridgehead atoms. The van der Waals surface area contributed by atoms with E-state index in [2.05, 4.69) is 23.6 Å².